The van der Waals surface area contributed by atoms with Gasteiger partial charge in [-0.3, -0.25) is 4.79 Å². The van der Waals surface area contributed by atoms with E-state index in [1.54, 1.807) is 6.07 Å². The molecule has 1 amide bonds. The topological polar surface area (TPSA) is 77.9 Å². The molecule has 0 radical (unpaired) electrons. The van der Waals surface area contributed by atoms with E-state index >= 15 is 0 Å². The van der Waals surface area contributed by atoms with Crippen LogP contribution in [0.25, 0.3) is 10.4 Å². The number of benzene rings is 1. The van der Waals surface area contributed by atoms with Crippen LogP contribution in [0.2, 0.25) is 0 Å². The smallest absolute Gasteiger partial charge is 0.224 e. The fourth-order valence-electron chi connectivity index (χ4n) is 1.55. The SMILES string of the molecule is [N-]=[N+]=Nc1cccc2c1CC(=O)NC2. The van der Waals surface area contributed by atoms with Gasteiger partial charge in [0.25, 0.3) is 0 Å². The van der Waals surface area contributed by atoms with Crippen LogP contribution in [0.5, 0.6) is 0 Å². The van der Waals surface area contributed by atoms with Crippen LogP contribution in [-0.2, 0) is 17.8 Å². The Hall–Kier alpha value is -2.00. The van der Waals surface area contributed by atoms with Crippen LogP contribution < -0.4 is 5.32 Å². The first kappa shape index (κ1) is 8.59. The Morgan fingerprint density at radius 3 is 3.14 bits per heavy atom. The van der Waals surface area contributed by atoms with Crippen LogP contribution >= 0.6 is 0 Å². The van der Waals surface area contributed by atoms with Gasteiger partial charge in [0.05, 0.1) is 6.42 Å². The third-order valence-electron chi connectivity index (χ3n) is 2.21. The molecular formula is C9H8N4O. The molecule has 1 aromatic rings. The first-order valence-electron chi connectivity index (χ1n) is 4.24. The van der Waals surface area contributed by atoms with Gasteiger partial charge in [-0.15, -0.1) is 0 Å². The molecule has 1 aliphatic heterocycles. The second-order valence-corrected chi connectivity index (χ2v) is 3.06. The molecule has 70 valence electrons. The fraction of sp³-hybridized carbons (Fsp3) is 0.222. The molecule has 0 saturated heterocycles. The highest BCUT2D eigenvalue weighted by atomic mass is 16.1. The maximum Gasteiger partial charge on any atom is 0.224 e. The van der Waals surface area contributed by atoms with E-state index in [4.69, 9.17) is 5.53 Å². The maximum absolute atomic E-state index is 11.1. The number of rotatable bonds is 1. The minimum atomic E-state index is -0.0295. The van der Waals surface area contributed by atoms with Gasteiger partial charge in [0.15, 0.2) is 0 Å². The standard InChI is InChI=1S/C9H8N4O/c10-13-12-8-3-1-2-6-5-11-9(14)4-7(6)8/h1-3H,4-5H2,(H,11,14). The monoisotopic (exact) mass is 188 g/mol. The van der Waals surface area contributed by atoms with Crippen LogP contribution in [0.4, 0.5) is 5.69 Å². The van der Waals surface area contributed by atoms with Gasteiger partial charge in [-0.1, -0.05) is 23.3 Å². The summed E-state index contributed by atoms with van der Waals surface area (Å²) >= 11 is 0. The molecule has 1 heterocycles. The van der Waals surface area contributed by atoms with Gasteiger partial charge in [0.2, 0.25) is 5.91 Å². The first-order valence-corrected chi connectivity index (χ1v) is 4.24. The highest BCUT2D eigenvalue weighted by molar-refractivity contribution is 5.82. The lowest BCUT2D eigenvalue weighted by atomic mass is 9.99. The van der Waals surface area contributed by atoms with E-state index in [0.29, 0.717) is 18.7 Å². The zero-order valence-corrected chi connectivity index (χ0v) is 7.40. The van der Waals surface area contributed by atoms with E-state index in [9.17, 15) is 4.79 Å². The quantitative estimate of drug-likeness (QED) is 0.407. The van der Waals surface area contributed by atoms with E-state index in [1.807, 2.05) is 12.1 Å². The lowest BCUT2D eigenvalue weighted by molar-refractivity contribution is -0.121. The van der Waals surface area contributed by atoms with Crippen molar-refractivity contribution in [2.24, 2.45) is 5.11 Å². The molecule has 14 heavy (non-hydrogen) atoms. The fourth-order valence-corrected chi connectivity index (χ4v) is 1.55. The van der Waals surface area contributed by atoms with Gasteiger partial charge in [-0.2, -0.15) is 0 Å². The molecule has 5 heteroatoms. The second kappa shape index (κ2) is 3.40. The highest BCUT2D eigenvalue weighted by Crippen LogP contribution is 2.25. The lowest BCUT2D eigenvalue weighted by Crippen LogP contribution is -2.30. The number of carbonyl (C=O) groups excluding carboxylic acids is 1. The zero-order chi connectivity index (χ0) is 9.97. The lowest BCUT2D eigenvalue weighted by Gasteiger charge is -2.17. The van der Waals surface area contributed by atoms with Crippen LogP contribution in [0.1, 0.15) is 11.1 Å². The summed E-state index contributed by atoms with van der Waals surface area (Å²) in [6.07, 6.45) is 0.296. The molecule has 5 nitrogen and oxygen atoms in total. The Bertz CT molecular complexity index is 434. The van der Waals surface area contributed by atoms with E-state index in [1.165, 1.54) is 0 Å². The van der Waals surface area contributed by atoms with E-state index < -0.39 is 0 Å². The minimum absolute atomic E-state index is 0.0295. The number of amides is 1. The number of hydrogen-bond acceptors (Lipinski definition) is 2. The largest absolute Gasteiger partial charge is 0.352 e. The summed E-state index contributed by atoms with van der Waals surface area (Å²) < 4.78 is 0. The van der Waals surface area contributed by atoms with Crippen molar-refractivity contribution in [3.8, 4) is 0 Å². The molecule has 0 unspecified atom stereocenters. The van der Waals surface area contributed by atoms with Crippen molar-refractivity contribution in [3.63, 3.8) is 0 Å². The van der Waals surface area contributed by atoms with Gasteiger partial charge < -0.3 is 5.32 Å². The molecular weight excluding hydrogens is 180 g/mol. The molecule has 0 bridgehead atoms. The van der Waals surface area contributed by atoms with Gasteiger partial charge in [0.1, 0.15) is 0 Å². The molecule has 0 fully saturated rings. The van der Waals surface area contributed by atoms with Crippen molar-refractivity contribution >= 4 is 11.6 Å². The highest BCUT2D eigenvalue weighted by Gasteiger charge is 2.16. The Morgan fingerprint density at radius 2 is 2.36 bits per heavy atom. The van der Waals surface area contributed by atoms with E-state index in [0.717, 1.165) is 11.1 Å². The molecule has 0 aliphatic carbocycles. The molecule has 0 aromatic heterocycles. The molecule has 2 rings (SSSR count). The Kier molecular flexibility index (Phi) is 2.08. The average Bonchev–Trinajstić information content (AvgIpc) is 2.19. The van der Waals surface area contributed by atoms with Gasteiger partial charge in [-0.05, 0) is 16.7 Å². The number of azide groups is 1. The second-order valence-electron chi connectivity index (χ2n) is 3.06. The van der Waals surface area contributed by atoms with Crippen molar-refractivity contribution in [1.82, 2.24) is 5.32 Å². The summed E-state index contributed by atoms with van der Waals surface area (Å²) in [6, 6.07) is 5.46. The van der Waals surface area contributed by atoms with Gasteiger partial charge >= 0.3 is 0 Å². The molecule has 0 saturated carbocycles. The Balaban J connectivity index is 2.53. The van der Waals surface area contributed by atoms with Gasteiger partial charge in [0, 0.05) is 17.1 Å². The van der Waals surface area contributed by atoms with Crippen LogP contribution in [0.15, 0.2) is 23.3 Å². The predicted octanol–water partition coefficient (Wildman–Crippen LogP) is 1.80. The van der Waals surface area contributed by atoms with E-state index in [2.05, 4.69) is 15.3 Å². The normalized spacial score (nSPS) is 13.9. The molecule has 1 aromatic carbocycles. The average molecular weight is 188 g/mol. The molecule has 1 aliphatic rings. The van der Waals surface area contributed by atoms with Crippen LogP contribution in [0.3, 0.4) is 0 Å². The molecule has 0 spiro atoms. The third kappa shape index (κ3) is 1.41. The summed E-state index contributed by atoms with van der Waals surface area (Å²) in [5.41, 5.74) is 10.8. The number of fused-ring (bicyclic) bond motifs is 1. The van der Waals surface area contributed by atoms with Crippen molar-refractivity contribution < 1.29 is 4.79 Å². The van der Waals surface area contributed by atoms with Crippen LogP contribution in [-0.4, -0.2) is 5.91 Å². The Morgan fingerprint density at radius 1 is 1.50 bits per heavy atom. The van der Waals surface area contributed by atoms with Crippen molar-refractivity contribution in [2.45, 2.75) is 13.0 Å². The van der Waals surface area contributed by atoms with E-state index in [-0.39, 0.29) is 5.91 Å². The van der Waals surface area contributed by atoms with Crippen molar-refractivity contribution in [1.29, 1.82) is 0 Å². The minimum Gasteiger partial charge on any atom is -0.352 e. The Labute approximate surface area is 80.4 Å². The number of hydrogen-bond donors (Lipinski definition) is 1. The summed E-state index contributed by atoms with van der Waals surface area (Å²) in [6.45, 7) is 0.517. The van der Waals surface area contributed by atoms with Crippen LogP contribution in [0, 0.1) is 0 Å². The zero-order valence-electron chi connectivity index (χ0n) is 7.40. The van der Waals surface area contributed by atoms with Crippen molar-refractivity contribution in [3.05, 3.63) is 39.8 Å². The first-order chi connectivity index (χ1) is 6.81. The summed E-state index contributed by atoms with van der Waals surface area (Å²) in [5, 5.41) is 6.29. The summed E-state index contributed by atoms with van der Waals surface area (Å²) in [7, 11) is 0. The predicted molar refractivity (Wildman–Crippen MR) is 50.8 cm³/mol. The molecule has 1 N–H and O–H groups in total. The van der Waals surface area contributed by atoms with Gasteiger partial charge in [-0.25, -0.2) is 0 Å². The number of nitrogens with zero attached hydrogens (tertiary/aromatic N) is 3. The van der Waals surface area contributed by atoms with Crippen molar-refractivity contribution in [2.75, 3.05) is 0 Å². The third-order valence-corrected chi connectivity index (χ3v) is 2.21. The number of nitrogens with one attached hydrogen (secondary N) is 1. The summed E-state index contributed by atoms with van der Waals surface area (Å²) in [4.78, 5) is 13.9. The maximum atomic E-state index is 11.1. The molecule has 0 atom stereocenters. The number of carbonyl (C=O) groups is 1. The summed E-state index contributed by atoms with van der Waals surface area (Å²) in [5.74, 6) is -0.0295.